The predicted molar refractivity (Wildman–Crippen MR) is 134 cm³/mol. The van der Waals surface area contributed by atoms with Crippen molar-refractivity contribution in [2.45, 2.75) is 96.4 Å². The standard InChI is InChI=1S/C25H38N4O4S/c1-2-3-4-5-6-7-8-14-19-34(31,32)21-22-20-28(27-26-22)17-12-9-13-18-29-23-15-10-11-16-24(23)33-25(29)30/h10-11,15-16,20H,2-9,12-14,17-19,21H2,1H3. The van der Waals surface area contributed by atoms with Gasteiger partial charge in [-0.2, -0.15) is 0 Å². The van der Waals surface area contributed by atoms with Gasteiger partial charge in [0, 0.05) is 19.3 Å². The van der Waals surface area contributed by atoms with Crippen LogP contribution in [0.5, 0.6) is 0 Å². The topological polar surface area (TPSA) is 100.0 Å². The molecular formula is C25H38N4O4S. The molecule has 0 saturated carbocycles. The fourth-order valence-corrected chi connectivity index (χ4v) is 5.58. The molecule has 8 nitrogen and oxygen atoms in total. The van der Waals surface area contributed by atoms with Gasteiger partial charge in [0.15, 0.2) is 15.4 Å². The molecule has 3 rings (SSSR count). The lowest BCUT2D eigenvalue weighted by Crippen LogP contribution is -2.14. The van der Waals surface area contributed by atoms with E-state index in [0.29, 0.717) is 24.4 Å². The number of fused-ring (bicyclic) bond motifs is 1. The van der Waals surface area contributed by atoms with Gasteiger partial charge >= 0.3 is 5.76 Å². The molecule has 9 heteroatoms. The highest BCUT2D eigenvalue weighted by Gasteiger charge is 2.14. The van der Waals surface area contributed by atoms with E-state index in [-0.39, 0.29) is 17.3 Å². The molecule has 0 fully saturated rings. The zero-order valence-electron chi connectivity index (χ0n) is 20.3. The van der Waals surface area contributed by atoms with Gasteiger partial charge in [0.1, 0.15) is 0 Å². The van der Waals surface area contributed by atoms with Crippen LogP contribution in [0.15, 0.2) is 39.7 Å². The van der Waals surface area contributed by atoms with Gasteiger partial charge in [-0.1, -0.05) is 69.2 Å². The molecule has 1 aromatic carbocycles. The van der Waals surface area contributed by atoms with Gasteiger partial charge < -0.3 is 4.42 Å². The normalized spacial score (nSPS) is 12.0. The Hall–Kier alpha value is -2.42. The highest BCUT2D eigenvalue weighted by Crippen LogP contribution is 2.14. The molecule has 0 amide bonds. The number of hydrogen-bond donors (Lipinski definition) is 0. The maximum Gasteiger partial charge on any atom is 0.419 e. The number of benzene rings is 1. The first-order chi connectivity index (χ1) is 16.5. The smallest absolute Gasteiger partial charge is 0.408 e. The Morgan fingerprint density at radius 1 is 0.882 bits per heavy atom. The number of sulfone groups is 1. The molecule has 0 radical (unpaired) electrons. The molecule has 188 valence electrons. The summed E-state index contributed by atoms with van der Waals surface area (Å²) >= 11 is 0. The van der Waals surface area contributed by atoms with E-state index < -0.39 is 9.84 Å². The van der Waals surface area contributed by atoms with Crippen LogP contribution in [-0.2, 0) is 28.7 Å². The summed E-state index contributed by atoms with van der Waals surface area (Å²) in [6.07, 6.45) is 13.4. The zero-order valence-corrected chi connectivity index (χ0v) is 21.1. The minimum absolute atomic E-state index is 0.0417. The van der Waals surface area contributed by atoms with Crippen LogP contribution in [-0.4, -0.2) is 33.7 Å². The minimum Gasteiger partial charge on any atom is -0.408 e. The summed E-state index contributed by atoms with van der Waals surface area (Å²) in [4.78, 5) is 12.0. The maximum absolute atomic E-state index is 12.4. The Bertz CT molecular complexity index is 1160. The fourth-order valence-electron chi connectivity index (χ4n) is 4.21. The molecule has 0 unspecified atom stereocenters. The number of aromatic nitrogens is 4. The van der Waals surface area contributed by atoms with E-state index in [1.165, 1.54) is 32.1 Å². The molecule has 0 aliphatic carbocycles. The van der Waals surface area contributed by atoms with E-state index in [9.17, 15) is 13.2 Å². The lowest BCUT2D eigenvalue weighted by molar-refractivity contribution is 0.475. The molecule has 34 heavy (non-hydrogen) atoms. The molecule has 0 atom stereocenters. The van der Waals surface area contributed by atoms with E-state index in [4.69, 9.17) is 4.42 Å². The summed E-state index contributed by atoms with van der Waals surface area (Å²) in [5.41, 5.74) is 1.94. The average Bonchev–Trinajstić information content (AvgIpc) is 3.38. The molecule has 0 aliphatic rings. The highest BCUT2D eigenvalue weighted by atomic mass is 32.2. The third-order valence-corrected chi connectivity index (χ3v) is 7.75. The second-order valence-corrected chi connectivity index (χ2v) is 11.3. The molecule has 0 bridgehead atoms. The summed E-state index contributed by atoms with van der Waals surface area (Å²) in [5, 5.41) is 8.13. The van der Waals surface area contributed by atoms with Crippen molar-refractivity contribution in [3.8, 4) is 0 Å². The van der Waals surface area contributed by atoms with Crippen molar-refractivity contribution in [2.24, 2.45) is 0 Å². The van der Waals surface area contributed by atoms with E-state index >= 15 is 0 Å². The number of unbranched alkanes of at least 4 members (excludes halogenated alkanes) is 9. The Morgan fingerprint density at radius 3 is 2.35 bits per heavy atom. The van der Waals surface area contributed by atoms with Crippen LogP contribution in [0, 0.1) is 0 Å². The number of para-hydroxylation sites is 2. The number of aryl methyl sites for hydroxylation is 2. The van der Waals surface area contributed by atoms with Crippen LogP contribution in [0.25, 0.3) is 11.1 Å². The number of nitrogens with zero attached hydrogens (tertiary/aromatic N) is 4. The number of rotatable bonds is 17. The molecule has 0 spiro atoms. The van der Waals surface area contributed by atoms with Crippen molar-refractivity contribution < 1.29 is 12.8 Å². The van der Waals surface area contributed by atoms with Gasteiger partial charge in [-0.25, -0.2) is 13.2 Å². The summed E-state index contributed by atoms with van der Waals surface area (Å²) in [6, 6.07) is 7.43. The Morgan fingerprint density at radius 2 is 1.56 bits per heavy atom. The second kappa shape index (κ2) is 13.5. The van der Waals surface area contributed by atoms with E-state index in [1.54, 1.807) is 21.5 Å². The van der Waals surface area contributed by atoms with Gasteiger partial charge in [-0.3, -0.25) is 9.25 Å². The van der Waals surface area contributed by atoms with Crippen LogP contribution in [0.2, 0.25) is 0 Å². The van der Waals surface area contributed by atoms with Crippen LogP contribution >= 0.6 is 0 Å². The van der Waals surface area contributed by atoms with Crippen LogP contribution < -0.4 is 5.76 Å². The van der Waals surface area contributed by atoms with E-state index in [1.807, 2.05) is 18.2 Å². The van der Waals surface area contributed by atoms with Crippen molar-refractivity contribution in [3.63, 3.8) is 0 Å². The highest BCUT2D eigenvalue weighted by molar-refractivity contribution is 7.90. The Kier molecular flexibility index (Phi) is 10.4. The molecule has 3 aromatic rings. The lowest BCUT2D eigenvalue weighted by atomic mass is 10.1. The molecule has 0 saturated heterocycles. The average molecular weight is 491 g/mol. The van der Waals surface area contributed by atoms with Crippen molar-refractivity contribution in [2.75, 3.05) is 5.75 Å². The Labute approximate surface area is 202 Å². The van der Waals surface area contributed by atoms with Crippen LogP contribution in [0.1, 0.15) is 83.2 Å². The number of oxazole rings is 1. The largest absolute Gasteiger partial charge is 0.419 e. The molecular weight excluding hydrogens is 452 g/mol. The van der Waals surface area contributed by atoms with Gasteiger partial charge in [-0.15, -0.1) is 5.10 Å². The van der Waals surface area contributed by atoms with Crippen molar-refractivity contribution in [3.05, 3.63) is 46.7 Å². The van der Waals surface area contributed by atoms with Gasteiger partial charge in [0.25, 0.3) is 0 Å². The van der Waals surface area contributed by atoms with Crippen molar-refractivity contribution in [1.29, 1.82) is 0 Å². The summed E-state index contributed by atoms with van der Waals surface area (Å²) in [5.74, 6) is -0.146. The lowest BCUT2D eigenvalue weighted by Gasteiger charge is -2.04. The predicted octanol–water partition coefficient (Wildman–Crippen LogP) is 5.11. The first-order valence-electron chi connectivity index (χ1n) is 12.7. The SMILES string of the molecule is CCCCCCCCCCS(=O)(=O)Cc1cn(CCCCCn2c(=O)oc3ccccc32)nn1. The second-order valence-electron chi connectivity index (χ2n) is 9.09. The van der Waals surface area contributed by atoms with E-state index in [2.05, 4.69) is 17.2 Å². The fraction of sp³-hybridized carbons (Fsp3) is 0.640. The van der Waals surface area contributed by atoms with Crippen molar-refractivity contribution >= 4 is 20.9 Å². The van der Waals surface area contributed by atoms with Gasteiger partial charge in [-0.05, 0) is 37.8 Å². The quantitative estimate of drug-likeness (QED) is 0.244. The third kappa shape index (κ3) is 8.42. The van der Waals surface area contributed by atoms with Crippen LogP contribution in [0.3, 0.4) is 0 Å². The maximum atomic E-state index is 12.4. The van der Waals surface area contributed by atoms with Gasteiger partial charge in [0.05, 0.1) is 22.7 Å². The zero-order chi connectivity index (χ0) is 24.2. The minimum atomic E-state index is -3.16. The molecule has 0 aliphatic heterocycles. The van der Waals surface area contributed by atoms with Crippen molar-refractivity contribution in [1.82, 2.24) is 19.6 Å². The summed E-state index contributed by atoms with van der Waals surface area (Å²) < 4.78 is 33.4. The number of hydrogen-bond acceptors (Lipinski definition) is 6. The molecule has 0 N–H and O–H groups in total. The van der Waals surface area contributed by atoms with Crippen LogP contribution in [0.4, 0.5) is 0 Å². The van der Waals surface area contributed by atoms with Gasteiger partial charge in [0.2, 0.25) is 0 Å². The summed E-state index contributed by atoms with van der Waals surface area (Å²) in [7, 11) is -3.16. The van der Waals surface area contributed by atoms with E-state index in [0.717, 1.165) is 44.0 Å². The summed E-state index contributed by atoms with van der Waals surface area (Å²) in [6.45, 7) is 3.49. The molecule has 2 aromatic heterocycles. The Balaban J connectivity index is 1.31. The monoisotopic (exact) mass is 490 g/mol. The third-order valence-electron chi connectivity index (χ3n) is 6.11. The first kappa shape index (κ1) is 26.2. The molecule has 2 heterocycles. The first-order valence-corrected chi connectivity index (χ1v) is 14.5.